The minimum Gasteiger partial charge on any atom is -0.462 e. The molecule has 0 saturated heterocycles. The van der Waals surface area contributed by atoms with Crippen molar-refractivity contribution in [3.8, 4) is 11.1 Å². The summed E-state index contributed by atoms with van der Waals surface area (Å²) in [5.41, 5.74) is 10.6. The van der Waals surface area contributed by atoms with Crippen molar-refractivity contribution < 1.29 is 9.53 Å². The zero-order chi connectivity index (χ0) is 15.1. The third-order valence-electron chi connectivity index (χ3n) is 2.64. The predicted octanol–water partition coefficient (Wildman–Crippen LogP) is 4.63. The smallest absolute Gasteiger partial charge is 0.340 e. The summed E-state index contributed by atoms with van der Waals surface area (Å²) < 4.78 is 4.85. The number of rotatable bonds is 5. The highest BCUT2D eigenvalue weighted by Crippen LogP contribution is 2.27. The van der Waals surface area contributed by atoms with Crippen LogP contribution in [-0.2, 0) is 9.53 Å². The van der Waals surface area contributed by atoms with Crippen LogP contribution in [0.15, 0.2) is 52.6 Å². The lowest BCUT2D eigenvalue weighted by Crippen LogP contribution is -2.05. The molecule has 1 aromatic carbocycles. The number of hydrogen-bond donors (Lipinski definition) is 0. The van der Waals surface area contributed by atoms with Crippen LogP contribution in [0.4, 0.5) is 0 Å². The SMILES string of the molecule is CCOC(=O)/C(=C/c1cc(-c2ccccc2)cs1)N=[N+]=[N-]. The molecule has 0 saturated carbocycles. The zero-order valence-electron chi connectivity index (χ0n) is 11.4. The fourth-order valence-electron chi connectivity index (χ4n) is 1.73. The van der Waals surface area contributed by atoms with Crippen molar-refractivity contribution in [1.29, 1.82) is 0 Å². The molecule has 0 aliphatic heterocycles. The van der Waals surface area contributed by atoms with Gasteiger partial charge in [-0.1, -0.05) is 35.4 Å². The van der Waals surface area contributed by atoms with Crippen LogP contribution in [0, 0.1) is 0 Å². The Bertz CT molecular complexity index is 701. The van der Waals surface area contributed by atoms with E-state index in [0.717, 1.165) is 16.0 Å². The summed E-state index contributed by atoms with van der Waals surface area (Å²) in [4.78, 5) is 15.1. The number of benzene rings is 1. The molecule has 2 aromatic rings. The Morgan fingerprint density at radius 3 is 2.81 bits per heavy atom. The molecule has 0 fully saturated rings. The Kier molecular flexibility index (Phi) is 5.15. The molecule has 0 unspecified atom stereocenters. The fourth-order valence-corrected chi connectivity index (χ4v) is 2.57. The third kappa shape index (κ3) is 3.95. The minimum atomic E-state index is -0.620. The molecule has 0 atom stereocenters. The molecule has 21 heavy (non-hydrogen) atoms. The van der Waals surface area contributed by atoms with E-state index in [1.54, 1.807) is 6.92 Å². The Morgan fingerprint density at radius 2 is 2.14 bits per heavy atom. The molecule has 6 heteroatoms. The molecule has 0 spiro atoms. The van der Waals surface area contributed by atoms with Crippen LogP contribution in [0.25, 0.3) is 27.6 Å². The van der Waals surface area contributed by atoms with Gasteiger partial charge in [0.2, 0.25) is 0 Å². The van der Waals surface area contributed by atoms with E-state index in [1.165, 1.54) is 17.4 Å². The van der Waals surface area contributed by atoms with Gasteiger partial charge in [-0.3, -0.25) is 0 Å². The van der Waals surface area contributed by atoms with Crippen LogP contribution in [0.3, 0.4) is 0 Å². The zero-order valence-corrected chi connectivity index (χ0v) is 12.2. The van der Waals surface area contributed by atoms with E-state index in [4.69, 9.17) is 10.3 Å². The third-order valence-corrected chi connectivity index (χ3v) is 3.52. The standard InChI is InChI=1S/C15H13N3O2S/c1-2-20-15(19)14(17-18-16)9-13-8-12(10-21-13)11-6-4-3-5-7-11/h3-10H,2H2,1H3/b14-9-. The van der Waals surface area contributed by atoms with Gasteiger partial charge in [0.15, 0.2) is 0 Å². The summed E-state index contributed by atoms with van der Waals surface area (Å²) >= 11 is 1.47. The average molecular weight is 299 g/mol. The van der Waals surface area contributed by atoms with Gasteiger partial charge in [0, 0.05) is 9.79 Å². The highest BCUT2D eigenvalue weighted by molar-refractivity contribution is 7.11. The van der Waals surface area contributed by atoms with E-state index in [1.807, 2.05) is 41.8 Å². The van der Waals surface area contributed by atoms with Crippen molar-refractivity contribution in [2.24, 2.45) is 5.11 Å². The quantitative estimate of drug-likeness (QED) is 0.265. The molecule has 0 radical (unpaired) electrons. The van der Waals surface area contributed by atoms with Crippen molar-refractivity contribution in [3.63, 3.8) is 0 Å². The van der Waals surface area contributed by atoms with E-state index in [-0.39, 0.29) is 12.3 Å². The molecule has 1 aromatic heterocycles. The van der Waals surface area contributed by atoms with E-state index in [2.05, 4.69) is 10.0 Å². The molecule has 0 aliphatic carbocycles. The maximum Gasteiger partial charge on any atom is 0.340 e. The van der Waals surface area contributed by atoms with E-state index in [0.29, 0.717) is 0 Å². The second kappa shape index (κ2) is 7.28. The summed E-state index contributed by atoms with van der Waals surface area (Å²) in [6.45, 7) is 1.93. The molecule has 0 aliphatic rings. The highest BCUT2D eigenvalue weighted by Gasteiger charge is 2.09. The Hall–Kier alpha value is -2.56. The number of thiophene rings is 1. The van der Waals surface area contributed by atoms with Crippen LogP contribution in [0.2, 0.25) is 0 Å². The first-order valence-electron chi connectivity index (χ1n) is 6.32. The highest BCUT2D eigenvalue weighted by atomic mass is 32.1. The minimum absolute atomic E-state index is 0.0409. The lowest BCUT2D eigenvalue weighted by atomic mass is 10.1. The molecular weight excluding hydrogens is 286 g/mol. The van der Waals surface area contributed by atoms with Crippen molar-refractivity contribution >= 4 is 23.4 Å². The number of nitrogens with zero attached hydrogens (tertiary/aromatic N) is 3. The largest absolute Gasteiger partial charge is 0.462 e. The van der Waals surface area contributed by atoms with E-state index >= 15 is 0 Å². The van der Waals surface area contributed by atoms with Crippen LogP contribution >= 0.6 is 11.3 Å². The number of esters is 1. The van der Waals surface area contributed by atoms with Crippen molar-refractivity contribution in [1.82, 2.24) is 0 Å². The van der Waals surface area contributed by atoms with Gasteiger partial charge in [-0.05, 0) is 41.1 Å². The molecule has 0 amide bonds. The van der Waals surface area contributed by atoms with Gasteiger partial charge in [-0.15, -0.1) is 11.3 Å². The first kappa shape index (κ1) is 14.8. The summed E-state index contributed by atoms with van der Waals surface area (Å²) in [5, 5.41) is 5.38. The van der Waals surface area contributed by atoms with Crippen molar-refractivity contribution in [2.45, 2.75) is 6.92 Å². The van der Waals surface area contributed by atoms with Gasteiger partial charge >= 0.3 is 5.97 Å². The molecule has 5 nitrogen and oxygen atoms in total. The lowest BCUT2D eigenvalue weighted by molar-refractivity contribution is -0.138. The van der Waals surface area contributed by atoms with E-state index < -0.39 is 5.97 Å². The average Bonchev–Trinajstić information content (AvgIpc) is 2.96. The normalized spacial score (nSPS) is 10.8. The molecule has 1 heterocycles. The Morgan fingerprint density at radius 1 is 1.38 bits per heavy atom. The number of hydrogen-bond acceptors (Lipinski definition) is 4. The second-order valence-electron chi connectivity index (χ2n) is 4.04. The van der Waals surface area contributed by atoms with Crippen LogP contribution in [-0.4, -0.2) is 12.6 Å². The number of carbonyl (C=O) groups excluding carboxylic acids is 1. The van der Waals surface area contributed by atoms with Crippen LogP contribution < -0.4 is 0 Å². The Labute approximate surface area is 126 Å². The number of azide groups is 1. The number of carbonyl (C=O) groups is 1. The van der Waals surface area contributed by atoms with Gasteiger partial charge in [0.1, 0.15) is 5.70 Å². The predicted molar refractivity (Wildman–Crippen MR) is 83.5 cm³/mol. The number of ether oxygens (including phenoxy) is 1. The summed E-state index contributed by atoms with van der Waals surface area (Å²) in [7, 11) is 0. The first-order valence-corrected chi connectivity index (χ1v) is 7.20. The van der Waals surface area contributed by atoms with Crippen LogP contribution in [0.1, 0.15) is 11.8 Å². The molecule has 0 N–H and O–H groups in total. The van der Waals surface area contributed by atoms with Gasteiger partial charge in [0.25, 0.3) is 0 Å². The van der Waals surface area contributed by atoms with E-state index in [9.17, 15) is 4.79 Å². The van der Waals surface area contributed by atoms with Crippen molar-refractivity contribution in [3.05, 3.63) is 62.8 Å². The van der Waals surface area contributed by atoms with Gasteiger partial charge in [-0.2, -0.15) is 0 Å². The monoisotopic (exact) mass is 299 g/mol. The summed E-state index contributed by atoms with van der Waals surface area (Å²) in [6.07, 6.45) is 1.54. The van der Waals surface area contributed by atoms with Gasteiger partial charge in [-0.25, -0.2) is 4.79 Å². The maximum absolute atomic E-state index is 11.7. The van der Waals surface area contributed by atoms with Crippen LogP contribution in [0.5, 0.6) is 0 Å². The lowest BCUT2D eigenvalue weighted by Gasteiger charge is -2.00. The molecule has 106 valence electrons. The molecular formula is C15H13N3O2S. The molecule has 0 bridgehead atoms. The first-order chi connectivity index (χ1) is 10.2. The fraction of sp³-hybridized carbons (Fsp3) is 0.133. The van der Waals surface area contributed by atoms with Crippen molar-refractivity contribution in [2.75, 3.05) is 6.61 Å². The molecule has 2 rings (SSSR count). The summed E-state index contributed by atoms with van der Waals surface area (Å²) in [6, 6.07) is 11.8. The topological polar surface area (TPSA) is 75.1 Å². The summed E-state index contributed by atoms with van der Waals surface area (Å²) in [5.74, 6) is -0.620. The second-order valence-corrected chi connectivity index (χ2v) is 4.99. The van der Waals surface area contributed by atoms with Gasteiger partial charge in [0.05, 0.1) is 6.61 Å². The maximum atomic E-state index is 11.7. The Balaban J connectivity index is 2.29. The van der Waals surface area contributed by atoms with Gasteiger partial charge < -0.3 is 4.74 Å².